The summed E-state index contributed by atoms with van der Waals surface area (Å²) in [5, 5.41) is 6.51. The highest BCUT2D eigenvalue weighted by Gasteiger charge is 2.07. The number of hydrogen-bond acceptors (Lipinski definition) is 6. The van der Waals surface area contributed by atoms with Gasteiger partial charge in [-0.05, 0) is 0 Å². The normalized spacial score (nSPS) is 12.7. The Kier molecular flexibility index (Phi) is 7.32. The van der Waals surface area contributed by atoms with Gasteiger partial charge in [-0.25, -0.2) is 4.98 Å². The van der Waals surface area contributed by atoms with Crippen LogP contribution in [0.4, 0.5) is 5.82 Å². The summed E-state index contributed by atoms with van der Waals surface area (Å²) < 4.78 is 10.3. The fourth-order valence-corrected chi connectivity index (χ4v) is 1.50. The second-order valence-electron chi connectivity index (χ2n) is 4.63. The minimum atomic E-state index is 0.00393. The lowest BCUT2D eigenvalue weighted by Gasteiger charge is -2.15. The van der Waals surface area contributed by atoms with Crippen molar-refractivity contribution in [1.29, 1.82) is 0 Å². The summed E-state index contributed by atoms with van der Waals surface area (Å²) in [6, 6.07) is 0.429. The molecule has 0 saturated carbocycles. The van der Waals surface area contributed by atoms with E-state index >= 15 is 0 Å². The van der Waals surface area contributed by atoms with Gasteiger partial charge in [0.05, 0.1) is 24.6 Å². The van der Waals surface area contributed by atoms with Crippen molar-refractivity contribution < 1.29 is 9.47 Å². The number of methoxy groups -OCH3 is 2. The zero-order valence-electron chi connectivity index (χ0n) is 12.1. The highest BCUT2D eigenvalue weighted by molar-refractivity contribution is 5.31. The summed E-state index contributed by atoms with van der Waals surface area (Å²) >= 11 is 0. The van der Waals surface area contributed by atoms with Gasteiger partial charge in [0, 0.05) is 39.5 Å². The number of rotatable bonds is 9. The molecule has 0 aliphatic heterocycles. The van der Waals surface area contributed by atoms with E-state index in [2.05, 4.69) is 34.4 Å². The highest BCUT2D eigenvalue weighted by Crippen LogP contribution is 2.03. The SMILES string of the molecule is COCC(CNc1cncc(CNC(C)C)n1)OC. The highest BCUT2D eigenvalue weighted by atomic mass is 16.5. The monoisotopic (exact) mass is 268 g/mol. The summed E-state index contributed by atoms with van der Waals surface area (Å²) in [5.74, 6) is 0.751. The van der Waals surface area contributed by atoms with Crippen LogP contribution < -0.4 is 10.6 Å². The minimum Gasteiger partial charge on any atom is -0.382 e. The van der Waals surface area contributed by atoms with Crippen LogP contribution >= 0.6 is 0 Å². The van der Waals surface area contributed by atoms with Gasteiger partial charge in [0.1, 0.15) is 5.82 Å². The molecule has 108 valence electrons. The van der Waals surface area contributed by atoms with Crippen molar-refractivity contribution in [3.05, 3.63) is 18.1 Å². The molecule has 6 heteroatoms. The van der Waals surface area contributed by atoms with Crippen molar-refractivity contribution >= 4 is 5.82 Å². The van der Waals surface area contributed by atoms with E-state index in [-0.39, 0.29) is 6.10 Å². The third-order valence-electron chi connectivity index (χ3n) is 2.57. The van der Waals surface area contributed by atoms with Gasteiger partial charge < -0.3 is 20.1 Å². The number of anilines is 1. The molecule has 0 bridgehead atoms. The predicted octanol–water partition coefficient (Wildman–Crippen LogP) is 1.05. The van der Waals surface area contributed by atoms with Crippen LogP contribution in [-0.4, -0.2) is 49.5 Å². The number of hydrogen-bond donors (Lipinski definition) is 2. The maximum Gasteiger partial charge on any atom is 0.144 e. The molecule has 2 N–H and O–H groups in total. The van der Waals surface area contributed by atoms with Crippen LogP contribution in [-0.2, 0) is 16.0 Å². The largest absolute Gasteiger partial charge is 0.382 e. The first-order chi connectivity index (χ1) is 9.15. The van der Waals surface area contributed by atoms with Gasteiger partial charge in [-0.3, -0.25) is 4.98 Å². The lowest BCUT2D eigenvalue weighted by Crippen LogP contribution is -2.27. The van der Waals surface area contributed by atoms with Crippen LogP contribution in [0.2, 0.25) is 0 Å². The van der Waals surface area contributed by atoms with E-state index in [1.54, 1.807) is 26.6 Å². The Hall–Kier alpha value is -1.24. The first-order valence-electron chi connectivity index (χ1n) is 6.45. The maximum absolute atomic E-state index is 5.27. The summed E-state index contributed by atoms with van der Waals surface area (Å²) in [6.45, 7) is 6.10. The van der Waals surface area contributed by atoms with E-state index in [0.717, 1.165) is 11.5 Å². The summed E-state index contributed by atoms with van der Waals surface area (Å²) in [5.41, 5.74) is 0.916. The molecule has 1 rings (SSSR count). The van der Waals surface area contributed by atoms with Crippen molar-refractivity contribution in [2.45, 2.75) is 32.5 Å². The third kappa shape index (κ3) is 6.47. The first-order valence-corrected chi connectivity index (χ1v) is 6.45. The number of nitrogens with zero attached hydrogens (tertiary/aromatic N) is 2. The Labute approximate surface area is 114 Å². The molecule has 1 aromatic heterocycles. The average molecular weight is 268 g/mol. The smallest absolute Gasteiger partial charge is 0.144 e. The molecular weight excluding hydrogens is 244 g/mol. The molecule has 0 fully saturated rings. The van der Waals surface area contributed by atoms with E-state index in [4.69, 9.17) is 9.47 Å². The topological polar surface area (TPSA) is 68.3 Å². The predicted molar refractivity (Wildman–Crippen MR) is 75.2 cm³/mol. The van der Waals surface area contributed by atoms with Crippen LogP contribution in [0.25, 0.3) is 0 Å². The van der Waals surface area contributed by atoms with Crippen molar-refractivity contribution in [2.75, 3.05) is 32.7 Å². The molecule has 0 aliphatic rings. The molecule has 0 spiro atoms. The third-order valence-corrected chi connectivity index (χ3v) is 2.57. The molecule has 0 aliphatic carbocycles. The van der Waals surface area contributed by atoms with E-state index in [1.807, 2.05) is 0 Å². The maximum atomic E-state index is 5.27. The second kappa shape index (κ2) is 8.79. The van der Waals surface area contributed by atoms with Crippen molar-refractivity contribution in [3.8, 4) is 0 Å². The van der Waals surface area contributed by atoms with Gasteiger partial charge in [0.25, 0.3) is 0 Å². The van der Waals surface area contributed by atoms with Gasteiger partial charge in [-0.2, -0.15) is 0 Å². The molecular formula is C13H24N4O2. The summed E-state index contributed by atoms with van der Waals surface area (Å²) in [7, 11) is 3.32. The number of ether oxygens (including phenoxy) is 2. The minimum absolute atomic E-state index is 0.00393. The molecule has 0 amide bonds. The van der Waals surface area contributed by atoms with Gasteiger partial charge in [-0.15, -0.1) is 0 Å². The Morgan fingerprint density at radius 3 is 2.68 bits per heavy atom. The second-order valence-corrected chi connectivity index (χ2v) is 4.63. The fraction of sp³-hybridized carbons (Fsp3) is 0.692. The zero-order valence-corrected chi connectivity index (χ0v) is 12.1. The average Bonchev–Trinajstić information content (AvgIpc) is 2.41. The Balaban J connectivity index is 2.47. The van der Waals surface area contributed by atoms with Crippen molar-refractivity contribution in [1.82, 2.24) is 15.3 Å². The van der Waals surface area contributed by atoms with Gasteiger partial charge in [-0.1, -0.05) is 13.8 Å². The molecule has 0 saturated heterocycles. The van der Waals surface area contributed by atoms with Gasteiger partial charge in [0.15, 0.2) is 0 Å². The molecule has 19 heavy (non-hydrogen) atoms. The van der Waals surface area contributed by atoms with Crippen molar-refractivity contribution in [2.24, 2.45) is 0 Å². The summed E-state index contributed by atoms with van der Waals surface area (Å²) in [4.78, 5) is 8.65. The number of nitrogens with one attached hydrogen (secondary N) is 2. The van der Waals surface area contributed by atoms with Crippen molar-refractivity contribution in [3.63, 3.8) is 0 Å². The number of aromatic nitrogens is 2. The fourth-order valence-electron chi connectivity index (χ4n) is 1.50. The lowest BCUT2D eigenvalue weighted by atomic mass is 10.3. The zero-order chi connectivity index (χ0) is 14.1. The van der Waals surface area contributed by atoms with Crippen LogP contribution in [0, 0.1) is 0 Å². The molecule has 0 radical (unpaired) electrons. The Bertz CT molecular complexity index is 360. The van der Waals surface area contributed by atoms with E-state index in [0.29, 0.717) is 25.7 Å². The van der Waals surface area contributed by atoms with E-state index < -0.39 is 0 Å². The Morgan fingerprint density at radius 1 is 1.26 bits per heavy atom. The van der Waals surface area contributed by atoms with Gasteiger partial charge >= 0.3 is 0 Å². The molecule has 1 heterocycles. The summed E-state index contributed by atoms with van der Waals surface area (Å²) in [6.07, 6.45) is 3.48. The molecule has 6 nitrogen and oxygen atoms in total. The first kappa shape index (κ1) is 15.8. The van der Waals surface area contributed by atoms with E-state index in [1.165, 1.54) is 0 Å². The van der Waals surface area contributed by atoms with Crippen LogP contribution in [0.15, 0.2) is 12.4 Å². The molecule has 1 atom stereocenters. The molecule has 1 aromatic rings. The van der Waals surface area contributed by atoms with Crippen LogP contribution in [0.1, 0.15) is 19.5 Å². The molecule has 0 aromatic carbocycles. The van der Waals surface area contributed by atoms with Crippen LogP contribution in [0.3, 0.4) is 0 Å². The van der Waals surface area contributed by atoms with E-state index in [9.17, 15) is 0 Å². The van der Waals surface area contributed by atoms with Gasteiger partial charge in [0.2, 0.25) is 0 Å². The van der Waals surface area contributed by atoms with Crippen LogP contribution in [0.5, 0.6) is 0 Å². The molecule has 1 unspecified atom stereocenters. The Morgan fingerprint density at radius 2 is 2.05 bits per heavy atom. The standard InChI is InChI=1S/C13H24N4O2/c1-10(2)15-6-11-5-14-8-13(17-11)16-7-12(19-4)9-18-3/h5,8,10,12,15H,6-7,9H2,1-4H3,(H,16,17). The lowest BCUT2D eigenvalue weighted by molar-refractivity contribution is 0.0365. The quantitative estimate of drug-likeness (QED) is 0.697.